The van der Waals surface area contributed by atoms with Gasteiger partial charge in [0, 0.05) is 51.7 Å². The van der Waals surface area contributed by atoms with Gasteiger partial charge in [0.1, 0.15) is 0 Å². The molecule has 0 spiro atoms. The summed E-state index contributed by atoms with van der Waals surface area (Å²) < 4.78 is 5.85. The van der Waals surface area contributed by atoms with Crippen molar-refractivity contribution in [3.8, 4) is 0 Å². The Morgan fingerprint density at radius 1 is 1.12 bits per heavy atom. The molecule has 5 rings (SSSR count). The highest BCUT2D eigenvalue weighted by Crippen LogP contribution is 2.33. The predicted octanol–water partition coefficient (Wildman–Crippen LogP) is 2.34. The van der Waals surface area contributed by atoms with Gasteiger partial charge in [-0.05, 0) is 49.2 Å². The van der Waals surface area contributed by atoms with Crippen LogP contribution in [0.15, 0.2) is 54.6 Å². The number of carbonyl (C=O) groups excluding carboxylic acids is 2. The van der Waals surface area contributed by atoms with Crippen LogP contribution >= 0.6 is 0 Å². The molecule has 3 heterocycles. The van der Waals surface area contributed by atoms with Gasteiger partial charge in [-0.3, -0.25) is 14.5 Å². The van der Waals surface area contributed by atoms with Crippen LogP contribution < -0.4 is 20.7 Å². The van der Waals surface area contributed by atoms with E-state index in [-0.39, 0.29) is 35.8 Å². The van der Waals surface area contributed by atoms with E-state index in [1.54, 1.807) is 5.01 Å². The maximum absolute atomic E-state index is 13.5. The van der Waals surface area contributed by atoms with Crippen LogP contribution in [0.3, 0.4) is 0 Å². The number of nitrogens with zero attached hydrogens (tertiary/aromatic N) is 3. The normalized spacial score (nSPS) is 27.0. The molecule has 2 N–H and O–H groups in total. The van der Waals surface area contributed by atoms with E-state index in [0.717, 1.165) is 43.1 Å². The summed E-state index contributed by atoms with van der Waals surface area (Å²) in [5.41, 5.74) is 6.00. The quantitative estimate of drug-likeness (QED) is 0.685. The second-order valence-corrected chi connectivity index (χ2v) is 9.66. The zero-order valence-corrected chi connectivity index (χ0v) is 19.8. The Morgan fingerprint density at radius 3 is 2.56 bits per heavy atom. The second kappa shape index (κ2) is 9.74. The first kappa shape index (κ1) is 22.8. The highest BCUT2D eigenvalue weighted by molar-refractivity contribution is 6.00. The van der Waals surface area contributed by atoms with Crippen molar-refractivity contribution in [2.75, 3.05) is 55.6 Å². The molecule has 180 valence electrons. The maximum Gasteiger partial charge on any atom is 0.247 e. The van der Waals surface area contributed by atoms with Gasteiger partial charge in [-0.1, -0.05) is 18.2 Å². The fourth-order valence-electron chi connectivity index (χ4n) is 5.26. The number of hydrogen-bond acceptors (Lipinski definition) is 6. The summed E-state index contributed by atoms with van der Waals surface area (Å²) in [4.78, 5) is 31.2. The summed E-state index contributed by atoms with van der Waals surface area (Å²) in [6.45, 7) is 2.76. The Bertz CT molecular complexity index is 1010. The molecular formula is C26H33N5O3. The first-order chi connectivity index (χ1) is 16.5. The Balaban J connectivity index is 1.36. The molecule has 3 fully saturated rings. The molecule has 2 aromatic carbocycles. The van der Waals surface area contributed by atoms with Crippen LogP contribution in [-0.4, -0.2) is 69.2 Å². The standard InChI is InChI=1S/C26H33N5O3/c1-29(2)19-12-10-18(11-13-19)27-25(32)22-16-30(15-21-9-6-14-34-21)17-23-24(22)28-31(26(23)33)20-7-4-3-5-8-20/h3-5,7-8,10-13,21-24,28H,6,9,14-17H2,1-2H3,(H,27,32). The highest BCUT2D eigenvalue weighted by Gasteiger charge is 2.51. The molecule has 0 radical (unpaired) electrons. The number of rotatable bonds is 6. The van der Waals surface area contributed by atoms with Gasteiger partial charge in [0.15, 0.2) is 0 Å². The molecule has 4 unspecified atom stereocenters. The molecule has 34 heavy (non-hydrogen) atoms. The fourth-order valence-corrected chi connectivity index (χ4v) is 5.26. The summed E-state index contributed by atoms with van der Waals surface area (Å²) in [5, 5.41) is 4.71. The minimum Gasteiger partial charge on any atom is -0.378 e. The number of benzene rings is 2. The van der Waals surface area contributed by atoms with Crippen molar-refractivity contribution in [2.45, 2.75) is 25.0 Å². The highest BCUT2D eigenvalue weighted by atomic mass is 16.5. The van der Waals surface area contributed by atoms with Crippen molar-refractivity contribution in [3.05, 3.63) is 54.6 Å². The molecule has 4 atom stereocenters. The largest absolute Gasteiger partial charge is 0.378 e. The number of fused-ring (bicyclic) bond motifs is 1. The van der Waals surface area contributed by atoms with Crippen LogP contribution in [0.2, 0.25) is 0 Å². The van der Waals surface area contributed by atoms with Gasteiger partial charge >= 0.3 is 0 Å². The van der Waals surface area contributed by atoms with Gasteiger partial charge in [-0.2, -0.15) is 0 Å². The minimum atomic E-state index is -0.369. The average molecular weight is 464 g/mol. The topological polar surface area (TPSA) is 77.2 Å². The van der Waals surface area contributed by atoms with Crippen molar-refractivity contribution >= 4 is 28.9 Å². The fraction of sp³-hybridized carbons (Fsp3) is 0.462. The number of hydrogen-bond donors (Lipinski definition) is 2. The van der Waals surface area contributed by atoms with Crippen LogP contribution in [0.5, 0.6) is 0 Å². The third-order valence-corrected chi connectivity index (χ3v) is 7.08. The zero-order chi connectivity index (χ0) is 23.7. The summed E-state index contributed by atoms with van der Waals surface area (Å²) in [5.74, 6) is -0.713. The molecule has 0 bridgehead atoms. The monoisotopic (exact) mass is 463 g/mol. The molecule has 0 saturated carbocycles. The molecule has 3 aliphatic heterocycles. The van der Waals surface area contributed by atoms with E-state index in [9.17, 15) is 9.59 Å². The molecule has 8 nitrogen and oxygen atoms in total. The van der Waals surface area contributed by atoms with E-state index < -0.39 is 0 Å². The number of likely N-dealkylation sites (tertiary alicyclic amines) is 1. The number of piperidine rings is 1. The predicted molar refractivity (Wildman–Crippen MR) is 133 cm³/mol. The van der Waals surface area contributed by atoms with Gasteiger partial charge in [-0.25, -0.2) is 10.4 Å². The Labute approximate surface area is 200 Å². The van der Waals surface area contributed by atoms with Crippen molar-refractivity contribution < 1.29 is 14.3 Å². The molecule has 3 aliphatic rings. The lowest BCUT2D eigenvalue weighted by molar-refractivity contribution is -0.126. The van der Waals surface area contributed by atoms with Crippen molar-refractivity contribution in [3.63, 3.8) is 0 Å². The van der Waals surface area contributed by atoms with Gasteiger partial charge in [-0.15, -0.1) is 0 Å². The van der Waals surface area contributed by atoms with Crippen molar-refractivity contribution in [1.29, 1.82) is 0 Å². The summed E-state index contributed by atoms with van der Waals surface area (Å²) in [6, 6.07) is 17.1. The lowest BCUT2D eigenvalue weighted by Gasteiger charge is -2.39. The Kier molecular flexibility index (Phi) is 6.54. The van der Waals surface area contributed by atoms with E-state index in [4.69, 9.17) is 4.74 Å². The number of amides is 2. The zero-order valence-electron chi connectivity index (χ0n) is 19.8. The van der Waals surface area contributed by atoms with E-state index in [0.29, 0.717) is 13.1 Å². The SMILES string of the molecule is CN(C)c1ccc(NC(=O)C2CN(CC3CCCO3)CC3C(=O)N(c4ccccc4)NC23)cc1. The lowest BCUT2D eigenvalue weighted by atomic mass is 9.83. The van der Waals surface area contributed by atoms with Gasteiger partial charge in [0.25, 0.3) is 0 Å². The molecule has 2 aromatic rings. The van der Waals surface area contributed by atoms with Crippen LogP contribution in [-0.2, 0) is 14.3 Å². The number of anilines is 3. The molecule has 8 heteroatoms. The number of para-hydroxylation sites is 1. The van der Waals surface area contributed by atoms with E-state index in [1.807, 2.05) is 73.6 Å². The number of ether oxygens (including phenoxy) is 1. The average Bonchev–Trinajstić information content (AvgIpc) is 3.47. The van der Waals surface area contributed by atoms with Gasteiger partial charge in [0.2, 0.25) is 11.8 Å². The van der Waals surface area contributed by atoms with E-state index in [2.05, 4.69) is 15.6 Å². The van der Waals surface area contributed by atoms with Crippen LogP contribution in [0.4, 0.5) is 17.1 Å². The summed E-state index contributed by atoms with van der Waals surface area (Å²) in [7, 11) is 3.97. The van der Waals surface area contributed by atoms with E-state index >= 15 is 0 Å². The van der Waals surface area contributed by atoms with Crippen LogP contribution in [0.1, 0.15) is 12.8 Å². The Hall–Kier alpha value is -2.94. The Morgan fingerprint density at radius 2 is 1.88 bits per heavy atom. The molecule has 2 amide bonds. The van der Waals surface area contributed by atoms with E-state index in [1.165, 1.54) is 0 Å². The molecule has 0 aliphatic carbocycles. The minimum absolute atomic E-state index is 0.0152. The molecule has 0 aromatic heterocycles. The first-order valence-corrected chi connectivity index (χ1v) is 12.1. The summed E-state index contributed by atoms with van der Waals surface area (Å²) >= 11 is 0. The van der Waals surface area contributed by atoms with Gasteiger partial charge in [0.05, 0.1) is 29.7 Å². The lowest BCUT2D eigenvalue weighted by Crippen LogP contribution is -2.57. The van der Waals surface area contributed by atoms with Crippen molar-refractivity contribution in [1.82, 2.24) is 10.3 Å². The maximum atomic E-state index is 13.5. The molecular weight excluding hydrogens is 430 g/mol. The smallest absolute Gasteiger partial charge is 0.247 e. The summed E-state index contributed by atoms with van der Waals surface area (Å²) in [6.07, 6.45) is 2.27. The number of carbonyl (C=O) groups is 2. The number of hydrazine groups is 1. The third-order valence-electron chi connectivity index (χ3n) is 7.08. The number of nitrogens with one attached hydrogen (secondary N) is 2. The van der Waals surface area contributed by atoms with Crippen LogP contribution in [0.25, 0.3) is 0 Å². The van der Waals surface area contributed by atoms with Crippen molar-refractivity contribution in [2.24, 2.45) is 11.8 Å². The first-order valence-electron chi connectivity index (χ1n) is 12.1. The van der Waals surface area contributed by atoms with Crippen LogP contribution in [0, 0.1) is 11.8 Å². The molecule has 3 saturated heterocycles. The third kappa shape index (κ3) is 4.66. The second-order valence-electron chi connectivity index (χ2n) is 9.66. The van der Waals surface area contributed by atoms with Gasteiger partial charge < -0.3 is 15.0 Å².